The van der Waals surface area contributed by atoms with Gasteiger partial charge in [0.15, 0.2) is 0 Å². The first-order valence-electron chi connectivity index (χ1n) is 9.36. The van der Waals surface area contributed by atoms with Gasteiger partial charge in [0.25, 0.3) is 0 Å². The van der Waals surface area contributed by atoms with E-state index in [0.29, 0.717) is 31.1 Å². The van der Waals surface area contributed by atoms with Gasteiger partial charge in [0.05, 0.1) is 12.3 Å². The molecule has 1 aromatic carbocycles. The Morgan fingerprint density at radius 2 is 1.62 bits per heavy atom. The normalized spacial score (nSPS) is 15.2. The number of nitrogens with one attached hydrogen (secondary N) is 2. The lowest BCUT2D eigenvalue weighted by Crippen LogP contribution is -2.49. The Kier molecular flexibility index (Phi) is 8.21. The Bertz CT molecular complexity index is 551. The summed E-state index contributed by atoms with van der Waals surface area (Å²) in [5, 5.41) is 5.59. The molecule has 0 radical (unpaired) electrons. The van der Waals surface area contributed by atoms with Crippen molar-refractivity contribution in [3.05, 3.63) is 24.3 Å². The molecule has 1 unspecified atom stereocenters. The zero-order chi connectivity index (χ0) is 18.8. The fourth-order valence-electron chi connectivity index (χ4n) is 2.27. The van der Waals surface area contributed by atoms with Crippen LogP contribution in [0.5, 0.6) is 5.75 Å². The van der Waals surface area contributed by atoms with E-state index in [-0.39, 0.29) is 6.10 Å². The number of anilines is 1. The molecule has 7 nitrogen and oxygen atoms in total. The van der Waals surface area contributed by atoms with Crippen LogP contribution in [0.1, 0.15) is 39.5 Å². The third-order valence-electron chi connectivity index (χ3n) is 3.95. The van der Waals surface area contributed by atoms with Gasteiger partial charge in [-0.3, -0.25) is 0 Å². The van der Waals surface area contributed by atoms with Gasteiger partial charge in [0.2, 0.25) is 0 Å². The van der Waals surface area contributed by atoms with E-state index < -0.39 is 12.1 Å². The summed E-state index contributed by atoms with van der Waals surface area (Å²) in [6.07, 6.45) is 3.86. The standard InChI is InChI=1S/C19H29N3O4/c1-3-5-11-20-18(23)22(19(24)21-12-6-4-2)15-7-9-16(10-8-15)25-13-17-14-26-17/h7-10,17H,3-6,11-14H2,1-2H3,(H,20,23)(H,21,24). The van der Waals surface area contributed by atoms with Gasteiger partial charge in [-0.2, -0.15) is 0 Å². The summed E-state index contributed by atoms with van der Waals surface area (Å²) >= 11 is 0. The molecule has 1 aromatic rings. The average molecular weight is 363 g/mol. The Morgan fingerprint density at radius 1 is 1.08 bits per heavy atom. The number of hydrogen-bond acceptors (Lipinski definition) is 4. The van der Waals surface area contributed by atoms with E-state index in [1.807, 2.05) is 13.8 Å². The monoisotopic (exact) mass is 363 g/mol. The van der Waals surface area contributed by atoms with Gasteiger partial charge in [-0.05, 0) is 37.1 Å². The Hall–Kier alpha value is -2.28. The molecule has 0 aromatic heterocycles. The van der Waals surface area contributed by atoms with Crippen LogP contribution < -0.4 is 20.3 Å². The second-order valence-electron chi connectivity index (χ2n) is 6.27. The summed E-state index contributed by atoms with van der Waals surface area (Å²) in [6.45, 7) is 6.42. The molecule has 1 fully saturated rings. The van der Waals surface area contributed by atoms with Crippen molar-refractivity contribution in [2.24, 2.45) is 0 Å². The maximum atomic E-state index is 12.5. The third kappa shape index (κ3) is 6.55. The fourth-order valence-corrected chi connectivity index (χ4v) is 2.27. The van der Waals surface area contributed by atoms with Crippen molar-refractivity contribution < 1.29 is 19.1 Å². The van der Waals surface area contributed by atoms with Gasteiger partial charge in [0.1, 0.15) is 18.5 Å². The number of epoxide rings is 1. The van der Waals surface area contributed by atoms with Gasteiger partial charge < -0.3 is 20.1 Å². The predicted molar refractivity (Wildman–Crippen MR) is 101 cm³/mol. The lowest BCUT2D eigenvalue weighted by atomic mass is 10.2. The fraction of sp³-hybridized carbons (Fsp3) is 0.579. The molecule has 2 N–H and O–H groups in total. The zero-order valence-electron chi connectivity index (χ0n) is 15.6. The van der Waals surface area contributed by atoms with Crippen LogP contribution in [0.15, 0.2) is 24.3 Å². The quantitative estimate of drug-likeness (QED) is 0.493. The number of hydrogen-bond donors (Lipinski definition) is 2. The van der Waals surface area contributed by atoms with Gasteiger partial charge in [0, 0.05) is 13.1 Å². The number of amides is 4. The number of nitrogens with zero attached hydrogens (tertiary/aromatic N) is 1. The Balaban J connectivity index is 2.02. The second-order valence-corrected chi connectivity index (χ2v) is 6.27. The summed E-state index contributed by atoms with van der Waals surface area (Å²) in [6, 6.07) is 6.08. The minimum absolute atomic E-state index is 0.180. The molecule has 4 amide bonds. The van der Waals surface area contributed by atoms with E-state index in [4.69, 9.17) is 9.47 Å². The minimum Gasteiger partial charge on any atom is -0.491 e. The first kappa shape index (κ1) is 20.0. The molecule has 0 saturated carbocycles. The van der Waals surface area contributed by atoms with Crippen LogP contribution >= 0.6 is 0 Å². The van der Waals surface area contributed by atoms with Crippen molar-refractivity contribution in [3.63, 3.8) is 0 Å². The number of rotatable bonds is 10. The van der Waals surface area contributed by atoms with Crippen LogP contribution in [0, 0.1) is 0 Å². The maximum absolute atomic E-state index is 12.5. The summed E-state index contributed by atoms with van der Waals surface area (Å²) in [4.78, 5) is 26.2. The van der Waals surface area contributed by atoms with Gasteiger partial charge in [-0.15, -0.1) is 0 Å². The SMILES string of the molecule is CCCCNC(=O)N(C(=O)NCCCC)c1ccc(OCC2CO2)cc1. The molecule has 0 bridgehead atoms. The summed E-state index contributed by atoms with van der Waals surface area (Å²) < 4.78 is 10.7. The van der Waals surface area contributed by atoms with Crippen molar-refractivity contribution in [3.8, 4) is 5.75 Å². The maximum Gasteiger partial charge on any atom is 0.330 e. The topological polar surface area (TPSA) is 83.2 Å². The predicted octanol–water partition coefficient (Wildman–Crippen LogP) is 3.29. The van der Waals surface area contributed by atoms with Gasteiger partial charge in [-0.1, -0.05) is 26.7 Å². The number of unbranched alkanes of at least 4 members (excludes halogenated alkanes) is 2. The van der Waals surface area contributed by atoms with E-state index in [9.17, 15) is 9.59 Å². The molecule has 2 rings (SSSR count). The lowest BCUT2D eigenvalue weighted by Gasteiger charge is -2.22. The van der Waals surface area contributed by atoms with Crippen molar-refractivity contribution in [2.45, 2.75) is 45.6 Å². The van der Waals surface area contributed by atoms with Gasteiger partial charge >= 0.3 is 12.1 Å². The molecule has 26 heavy (non-hydrogen) atoms. The highest BCUT2D eigenvalue weighted by Gasteiger charge is 2.24. The van der Waals surface area contributed by atoms with Crippen LogP contribution in [-0.4, -0.2) is 44.5 Å². The number of ether oxygens (including phenoxy) is 2. The van der Waals surface area contributed by atoms with E-state index in [1.165, 1.54) is 0 Å². The molecule has 1 atom stereocenters. The number of carbonyl (C=O) groups excluding carboxylic acids is 2. The largest absolute Gasteiger partial charge is 0.491 e. The summed E-state index contributed by atoms with van der Waals surface area (Å²) in [7, 11) is 0. The number of benzene rings is 1. The molecule has 1 aliphatic rings. The molecule has 1 aliphatic heterocycles. The highest BCUT2D eigenvalue weighted by molar-refractivity contribution is 6.13. The van der Waals surface area contributed by atoms with Crippen LogP contribution in [0.2, 0.25) is 0 Å². The summed E-state index contributed by atoms with van der Waals surface area (Å²) in [5.74, 6) is 0.682. The van der Waals surface area contributed by atoms with Crippen LogP contribution in [0.25, 0.3) is 0 Å². The molecule has 0 spiro atoms. The highest BCUT2D eigenvalue weighted by Crippen LogP contribution is 2.21. The van der Waals surface area contributed by atoms with E-state index in [0.717, 1.165) is 37.2 Å². The third-order valence-corrected chi connectivity index (χ3v) is 3.95. The molecular weight excluding hydrogens is 334 g/mol. The second kappa shape index (κ2) is 10.7. The highest BCUT2D eigenvalue weighted by atomic mass is 16.6. The molecule has 1 heterocycles. The molecule has 144 valence electrons. The number of urea groups is 2. The first-order chi connectivity index (χ1) is 12.7. The smallest absolute Gasteiger partial charge is 0.330 e. The zero-order valence-corrected chi connectivity index (χ0v) is 15.6. The summed E-state index contributed by atoms with van der Waals surface area (Å²) in [5.41, 5.74) is 0.503. The Morgan fingerprint density at radius 3 is 2.08 bits per heavy atom. The van der Waals surface area contributed by atoms with Crippen molar-refractivity contribution in [1.29, 1.82) is 0 Å². The van der Waals surface area contributed by atoms with Crippen LogP contribution in [0.3, 0.4) is 0 Å². The first-order valence-corrected chi connectivity index (χ1v) is 9.36. The molecule has 1 saturated heterocycles. The Labute approximate surface area is 155 Å². The average Bonchev–Trinajstić information content (AvgIpc) is 3.46. The van der Waals surface area contributed by atoms with E-state index in [1.54, 1.807) is 24.3 Å². The number of imide groups is 1. The van der Waals surface area contributed by atoms with Crippen molar-refractivity contribution in [1.82, 2.24) is 10.6 Å². The van der Waals surface area contributed by atoms with Crippen molar-refractivity contribution in [2.75, 3.05) is 31.2 Å². The lowest BCUT2D eigenvalue weighted by molar-refractivity contribution is 0.234. The van der Waals surface area contributed by atoms with E-state index >= 15 is 0 Å². The molecule has 0 aliphatic carbocycles. The van der Waals surface area contributed by atoms with Crippen LogP contribution in [-0.2, 0) is 4.74 Å². The van der Waals surface area contributed by atoms with Gasteiger partial charge in [-0.25, -0.2) is 14.5 Å². The minimum atomic E-state index is -0.424. The molecular formula is C19H29N3O4. The number of carbonyl (C=O) groups is 2. The van der Waals surface area contributed by atoms with E-state index in [2.05, 4.69) is 10.6 Å². The molecule has 7 heteroatoms. The van der Waals surface area contributed by atoms with Crippen LogP contribution in [0.4, 0.5) is 15.3 Å². The van der Waals surface area contributed by atoms with Crippen molar-refractivity contribution >= 4 is 17.7 Å².